The third kappa shape index (κ3) is 5.69. The molecule has 7 heteroatoms. The number of ether oxygens (including phenoxy) is 1. The molecule has 0 aliphatic carbocycles. The van der Waals surface area contributed by atoms with Gasteiger partial charge >= 0.3 is 0 Å². The van der Waals surface area contributed by atoms with Crippen LogP contribution in [0.1, 0.15) is 36.5 Å². The molecule has 0 amide bonds. The molecule has 0 radical (unpaired) electrons. The lowest BCUT2D eigenvalue weighted by Gasteiger charge is -2.27. The van der Waals surface area contributed by atoms with Crippen molar-refractivity contribution < 1.29 is 9.53 Å². The van der Waals surface area contributed by atoms with E-state index >= 15 is 0 Å². The van der Waals surface area contributed by atoms with E-state index < -0.39 is 0 Å². The first kappa shape index (κ1) is 23.6. The van der Waals surface area contributed by atoms with Crippen LogP contribution in [0.2, 0.25) is 0 Å². The maximum atomic E-state index is 10.9. The number of rotatable bonds is 10. The van der Waals surface area contributed by atoms with Crippen LogP contribution in [0.15, 0.2) is 47.2 Å². The number of hydrogen-bond donors (Lipinski definition) is 2. The van der Waals surface area contributed by atoms with Crippen molar-refractivity contribution in [3.05, 3.63) is 63.9 Å². The van der Waals surface area contributed by atoms with Gasteiger partial charge in [-0.25, -0.2) is 0 Å². The standard InChI is InChI=1S/C23H31BrN4O2/c1-16(2)18-7-5-17(6-8-18)14-27(3)23-20(30-4)13-19(21(24)22(23)26)15-28(10-9-25)11-12-29/h5-10,12-13,16H,11,14-15,25-26H2,1-4H3/b10-9-. The summed E-state index contributed by atoms with van der Waals surface area (Å²) >= 11 is 3.63. The zero-order valence-electron chi connectivity index (χ0n) is 18.1. The van der Waals surface area contributed by atoms with E-state index in [1.165, 1.54) is 17.3 Å². The minimum absolute atomic E-state index is 0.233. The van der Waals surface area contributed by atoms with Gasteiger partial charge in [0.15, 0.2) is 0 Å². The maximum Gasteiger partial charge on any atom is 0.144 e. The summed E-state index contributed by atoms with van der Waals surface area (Å²) in [6.45, 7) is 5.76. The number of nitrogen functional groups attached to an aromatic ring is 1. The van der Waals surface area contributed by atoms with Crippen LogP contribution in [-0.2, 0) is 17.9 Å². The molecule has 0 atom stereocenters. The quantitative estimate of drug-likeness (QED) is 0.395. The Labute approximate surface area is 187 Å². The van der Waals surface area contributed by atoms with Crippen molar-refractivity contribution in [3.8, 4) is 5.75 Å². The summed E-state index contributed by atoms with van der Waals surface area (Å²) < 4.78 is 6.44. The predicted octanol–water partition coefficient (Wildman–Crippen LogP) is 4.23. The number of aldehydes is 1. The van der Waals surface area contributed by atoms with E-state index in [9.17, 15) is 4.79 Å². The Morgan fingerprint density at radius 3 is 2.40 bits per heavy atom. The topological polar surface area (TPSA) is 84.8 Å². The van der Waals surface area contributed by atoms with Gasteiger partial charge in [-0.05, 0) is 44.6 Å². The first-order valence-corrected chi connectivity index (χ1v) is 10.6. The van der Waals surface area contributed by atoms with E-state index in [1.807, 2.05) is 13.1 Å². The summed E-state index contributed by atoms with van der Waals surface area (Å²) in [4.78, 5) is 14.8. The third-order valence-electron chi connectivity index (χ3n) is 4.96. The lowest BCUT2D eigenvalue weighted by molar-refractivity contribution is -0.108. The third-order valence-corrected chi connectivity index (χ3v) is 5.90. The summed E-state index contributed by atoms with van der Waals surface area (Å²) in [7, 11) is 3.62. The fourth-order valence-electron chi connectivity index (χ4n) is 3.34. The van der Waals surface area contributed by atoms with Gasteiger partial charge in [0, 0.05) is 37.0 Å². The van der Waals surface area contributed by atoms with Crippen molar-refractivity contribution in [2.75, 3.05) is 31.3 Å². The molecule has 0 fully saturated rings. The lowest BCUT2D eigenvalue weighted by atomic mass is 10.0. The molecule has 2 aromatic carbocycles. The summed E-state index contributed by atoms with van der Waals surface area (Å²) in [6.07, 6.45) is 3.91. The molecule has 30 heavy (non-hydrogen) atoms. The van der Waals surface area contributed by atoms with Gasteiger partial charge in [0.25, 0.3) is 0 Å². The second kappa shape index (κ2) is 10.9. The molecule has 0 bridgehead atoms. The van der Waals surface area contributed by atoms with Crippen molar-refractivity contribution in [2.45, 2.75) is 32.9 Å². The first-order chi connectivity index (χ1) is 14.3. The van der Waals surface area contributed by atoms with Gasteiger partial charge in [-0.2, -0.15) is 0 Å². The Bertz CT molecular complexity index is 882. The van der Waals surface area contributed by atoms with Gasteiger partial charge in [0.05, 0.1) is 19.3 Å². The molecule has 4 N–H and O–H groups in total. The Morgan fingerprint density at radius 1 is 1.20 bits per heavy atom. The highest BCUT2D eigenvalue weighted by Gasteiger charge is 2.19. The number of carbonyl (C=O) groups is 1. The van der Waals surface area contributed by atoms with Gasteiger partial charge in [-0.15, -0.1) is 0 Å². The number of nitrogens with zero attached hydrogens (tertiary/aromatic N) is 2. The summed E-state index contributed by atoms with van der Waals surface area (Å²) in [5.41, 5.74) is 16.8. The van der Waals surface area contributed by atoms with E-state index in [4.69, 9.17) is 16.2 Å². The van der Waals surface area contributed by atoms with Crippen LogP contribution in [0.3, 0.4) is 0 Å². The SMILES string of the molecule is COc1cc(CN(/C=C\N)CC=O)c(Br)c(N)c1N(C)Cc1ccc(C(C)C)cc1. The molecule has 0 aromatic heterocycles. The predicted molar refractivity (Wildman–Crippen MR) is 128 cm³/mol. The number of nitrogens with two attached hydrogens (primary N) is 2. The molecule has 0 unspecified atom stereocenters. The van der Waals surface area contributed by atoms with Crippen LogP contribution in [0.4, 0.5) is 11.4 Å². The molecular formula is C23H31BrN4O2. The van der Waals surface area contributed by atoms with Crippen molar-refractivity contribution in [2.24, 2.45) is 5.73 Å². The van der Waals surface area contributed by atoms with Crippen molar-refractivity contribution in [3.63, 3.8) is 0 Å². The van der Waals surface area contributed by atoms with Crippen molar-refractivity contribution in [1.82, 2.24) is 4.90 Å². The van der Waals surface area contributed by atoms with Gasteiger partial charge in [-0.1, -0.05) is 38.1 Å². The molecule has 6 nitrogen and oxygen atoms in total. The van der Waals surface area contributed by atoms with Gasteiger partial charge in [-0.3, -0.25) is 0 Å². The van der Waals surface area contributed by atoms with E-state index in [0.29, 0.717) is 30.4 Å². The normalized spacial score (nSPS) is 11.1. The highest BCUT2D eigenvalue weighted by molar-refractivity contribution is 9.10. The van der Waals surface area contributed by atoms with E-state index in [2.05, 4.69) is 58.9 Å². The molecule has 0 spiro atoms. The van der Waals surface area contributed by atoms with E-state index in [0.717, 1.165) is 22.0 Å². The van der Waals surface area contributed by atoms with Gasteiger partial charge < -0.3 is 30.8 Å². The van der Waals surface area contributed by atoms with Gasteiger partial charge in [0.1, 0.15) is 17.7 Å². The minimum Gasteiger partial charge on any atom is -0.494 e. The van der Waals surface area contributed by atoms with Crippen LogP contribution in [0, 0.1) is 0 Å². The minimum atomic E-state index is 0.233. The number of hydrogen-bond acceptors (Lipinski definition) is 6. The summed E-state index contributed by atoms with van der Waals surface area (Å²) in [5.74, 6) is 1.18. The Morgan fingerprint density at radius 2 is 1.87 bits per heavy atom. The molecule has 0 saturated carbocycles. The number of methoxy groups -OCH3 is 1. The monoisotopic (exact) mass is 474 g/mol. The number of carbonyl (C=O) groups excluding carboxylic acids is 1. The zero-order chi connectivity index (χ0) is 22.3. The van der Waals surface area contributed by atoms with Gasteiger partial charge in [0.2, 0.25) is 0 Å². The fourth-order valence-corrected chi connectivity index (χ4v) is 3.77. The van der Waals surface area contributed by atoms with Crippen molar-refractivity contribution >= 4 is 33.6 Å². The highest BCUT2D eigenvalue weighted by Crippen LogP contribution is 2.42. The molecule has 0 heterocycles. The highest BCUT2D eigenvalue weighted by atomic mass is 79.9. The molecule has 0 aliphatic heterocycles. The second-order valence-electron chi connectivity index (χ2n) is 7.50. The van der Waals surface area contributed by atoms with E-state index in [-0.39, 0.29) is 6.54 Å². The smallest absolute Gasteiger partial charge is 0.144 e. The fraction of sp³-hybridized carbons (Fsp3) is 0.348. The second-order valence-corrected chi connectivity index (χ2v) is 8.30. The molecule has 0 aliphatic rings. The molecule has 162 valence electrons. The van der Waals surface area contributed by atoms with Crippen LogP contribution >= 0.6 is 15.9 Å². The Kier molecular flexibility index (Phi) is 8.59. The number of anilines is 2. The molecular weight excluding hydrogens is 444 g/mol. The largest absolute Gasteiger partial charge is 0.494 e. The Hall–Kier alpha value is -2.67. The maximum absolute atomic E-state index is 10.9. The zero-order valence-corrected chi connectivity index (χ0v) is 19.6. The lowest BCUT2D eigenvalue weighted by Crippen LogP contribution is -2.22. The first-order valence-electron chi connectivity index (χ1n) is 9.83. The summed E-state index contributed by atoms with van der Waals surface area (Å²) in [5, 5.41) is 0. The average Bonchev–Trinajstić information content (AvgIpc) is 2.71. The molecule has 2 aromatic rings. The average molecular weight is 475 g/mol. The number of halogens is 1. The van der Waals surface area contributed by atoms with E-state index in [1.54, 1.807) is 18.2 Å². The molecule has 0 saturated heterocycles. The van der Waals surface area contributed by atoms with Crippen LogP contribution in [0.5, 0.6) is 5.75 Å². The van der Waals surface area contributed by atoms with Crippen molar-refractivity contribution in [1.29, 1.82) is 0 Å². The Balaban J connectivity index is 2.33. The molecule has 2 rings (SSSR count). The number of benzene rings is 2. The van der Waals surface area contributed by atoms with Crippen LogP contribution in [-0.4, -0.2) is 31.9 Å². The summed E-state index contributed by atoms with van der Waals surface area (Å²) in [6, 6.07) is 10.6. The van der Waals surface area contributed by atoms with Crippen LogP contribution < -0.4 is 21.1 Å². The van der Waals surface area contributed by atoms with Crippen LogP contribution in [0.25, 0.3) is 0 Å².